The van der Waals surface area contributed by atoms with E-state index in [9.17, 15) is 0 Å². The third kappa shape index (κ3) is 2.38. The molecule has 0 aliphatic heterocycles. The number of aryl methyl sites for hydroxylation is 2. The molecule has 6 nitrogen and oxygen atoms in total. The molecule has 0 spiro atoms. The van der Waals surface area contributed by atoms with E-state index in [2.05, 4.69) is 25.7 Å². The maximum atomic E-state index is 5.63. The molecule has 6 heteroatoms. The monoisotopic (exact) mass is 245 g/mol. The van der Waals surface area contributed by atoms with E-state index in [-0.39, 0.29) is 0 Å². The van der Waals surface area contributed by atoms with Gasteiger partial charge in [0.1, 0.15) is 0 Å². The van der Waals surface area contributed by atoms with Gasteiger partial charge in [0.2, 0.25) is 11.8 Å². The van der Waals surface area contributed by atoms with Gasteiger partial charge in [-0.25, -0.2) is 0 Å². The third-order valence-electron chi connectivity index (χ3n) is 2.92. The highest BCUT2D eigenvalue weighted by atomic mass is 16.4. The van der Waals surface area contributed by atoms with Gasteiger partial charge in [0, 0.05) is 6.04 Å². The van der Waals surface area contributed by atoms with Crippen LogP contribution < -0.4 is 5.32 Å². The van der Waals surface area contributed by atoms with Crippen LogP contribution in [0.5, 0.6) is 0 Å². The Labute approximate surface area is 105 Å². The normalized spacial score (nSPS) is 15.0. The summed E-state index contributed by atoms with van der Waals surface area (Å²) in [6, 6.07) is 2.54. The summed E-state index contributed by atoms with van der Waals surface area (Å²) in [4.78, 5) is 0. The largest absolute Gasteiger partial charge is 0.419 e. The van der Waals surface area contributed by atoms with Gasteiger partial charge in [0.05, 0.1) is 23.5 Å². The molecule has 0 amide bonds. The fourth-order valence-corrected chi connectivity index (χ4v) is 1.72. The van der Waals surface area contributed by atoms with E-state index in [0.717, 1.165) is 17.0 Å². The Kier molecular flexibility index (Phi) is 2.79. The second-order valence-electron chi connectivity index (χ2n) is 4.64. The molecule has 0 unspecified atom stereocenters. The minimum atomic E-state index is 0.512. The first-order chi connectivity index (χ1) is 8.72. The van der Waals surface area contributed by atoms with Crippen LogP contribution >= 0.6 is 0 Å². The van der Waals surface area contributed by atoms with Crippen LogP contribution in [0, 0.1) is 13.8 Å². The molecule has 2 heterocycles. The van der Waals surface area contributed by atoms with Crippen LogP contribution in [0.1, 0.15) is 30.1 Å². The Morgan fingerprint density at radius 1 is 1.22 bits per heavy atom. The number of hydrogen-bond acceptors (Lipinski definition) is 6. The highest BCUT2D eigenvalue weighted by Gasteiger charge is 2.21. The number of aromatic nitrogens is 4. The SMILES string of the molecule is Cc1cc(-c2nnc(CNC3CC3)o2)c(C)nn1. The van der Waals surface area contributed by atoms with Gasteiger partial charge in [-0.1, -0.05) is 0 Å². The van der Waals surface area contributed by atoms with Crippen molar-refractivity contribution in [2.24, 2.45) is 0 Å². The lowest BCUT2D eigenvalue weighted by Gasteiger charge is -2.00. The van der Waals surface area contributed by atoms with Gasteiger partial charge < -0.3 is 9.73 Å². The zero-order valence-electron chi connectivity index (χ0n) is 10.5. The van der Waals surface area contributed by atoms with Crippen LogP contribution in [0.25, 0.3) is 11.5 Å². The molecule has 94 valence electrons. The summed E-state index contributed by atoms with van der Waals surface area (Å²) in [6.45, 7) is 4.41. The quantitative estimate of drug-likeness (QED) is 0.877. The summed E-state index contributed by atoms with van der Waals surface area (Å²) in [5, 5.41) is 19.5. The zero-order valence-corrected chi connectivity index (χ0v) is 10.5. The molecule has 1 aliphatic carbocycles. The predicted molar refractivity (Wildman–Crippen MR) is 64.7 cm³/mol. The zero-order chi connectivity index (χ0) is 12.5. The van der Waals surface area contributed by atoms with Crippen molar-refractivity contribution in [3.05, 3.63) is 23.3 Å². The van der Waals surface area contributed by atoms with Crippen LogP contribution in [0.2, 0.25) is 0 Å². The van der Waals surface area contributed by atoms with Gasteiger partial charge in [-0.2, -0.15) is 10.2 Å². The topological polar surface area (TPSA) is 76.7 Å². The maximum absolute atomic E-state index is 5.63. The van der Waals surface area contributed by atoms with E-state index in [4.69, 9.17) is 4.42 Å². The molecular formula is C12H15N5O. The fourth-order valence-electron chi connectivity index (χ4n) is 1.72. The van der Waals surface area contributed by atoms with Gasteiger partial charge in [-0.05, 0) is 32.8 Å². The summed E-state index contributed by atoms with van der Waals surface area (Å²) in [5.74, 6) is 1.13. The summed E-state index contributed by atoms with van der Waals surface area (Å²) in [7, 11) is 0. The van der Waals surface area contributed by atoms with Crippen molar-refractivity contribution in [2.45, 2.75) is 39.3 Å². The summed E-state index contributed by atoms with van der Waals surface area (Å²) in [5.41, 5.74) is 2.49. The van der Waals surface area contributed by atoms with E-state index in [1.807, 2.05) is 19.9 Å². The van der Waals surface area contributed by atoms with E-state index < -0.39 is 0 Å². The van der Waals surface area contributed by atoms with E-state index in [1.165, 1.54) is 12.8 Å². The smallest absolute Gasteiger partial charge is 0.249 e. The number of rotatable bonds is 4. The average Bonchev–Trinajstić information content (AvgIpc) is 3.08. The molecule has 0 saturated heterocycles. The van der Waals surface area contributed by atoms with Crippen molar-refractivity contribution in [3.8, 4) is 11.5 Å². The molecule has 0 aromatic carbocycles. The maximum Gasteiger partial charge on any atom is 0.249 e. The Morgan fingerprint density at radius 3 is 2.83 bits per heavy atom. The highest BCUT2D eigenvalue weighted by Crippen LogP contribution is 2.22. The molecule has 2 aromatic rings. The minimum Gasteiger partial charge on any atom is -0.419 e. The standard InChI is InChI=1S/C12H15N5O/c1-7-5-10(8(2)15-14-7)12-17-16-11(18-12)6-13-9-3-4-9/h5,9,13H,3-4,6H2,1-2H3. The number of nitrogens with one attached hydrogen (secondary N) is 1. The first kappa shape index (κ1) is 11.3. The first-order valence-electron chi connectivity index (χ1n) is 6.09. The second-order valence-corrected chi connectivity index (χ2v) is 4.64. The molecule has 0 radical (unpaired) electrons. The van der Waals surface area contributed by atoms with Crippen molar-refractivity contribution in [3.63, 3.8) is 0 Å². The molecule has 1 aliphatic rings. The Bertz CT molecular complexity index is 561. The van der Waals surface area contributed by atoms with E-state index in [1.54, 1.807) is 0 Å². The lowest BCUT2D eigenvalue weighted by atomic mass is 10.2. The Hall–Kier alpha value is -1.82. The predicted octanol–water partition coefficient (Wildman–Crippen LogP) is 1.40. The van der Waals surface area contributed by atoms with Crippen LogP contribution in [0.15, 0.2) is 10.5 Å². The molecule has 2 aromatic heterocycles. The highest BCUT2D eigenvalue weighted by molar-refractivity contribution is 5.55. The number of nitrogens with zero attached hydrogens (tertiary/aromatic N) is 4. The summed E-state index contributed by atoms with van der Waals surface area (Å²) < 4.78 is 5.63. The molecule has 3 rings (SSSR count). The molecular weight excluding hydrogens is 230 g/mol. The van der Waals surface area contributed by atoms with E-state index in [0.29, 0.717) is 24.4 Å². The van der Waals surface area contributed by atoms with Crippen molar-refractivity contribution < 1.29 is 4.42 Å². The van der Waals surface area contributed by atoms with Gasteiger partial charge in [0.15, 0.2) is 0 Å². The molecule has 1 N–H and O–H groups in total. The summed E-state index contributed by atoms with van der Waals surface area (Å²) in [6.07, 6.45) is 2.49. The Balaban J connectivity index is 1.80. The van der Waals surface area contributed by atoms with Crippen LogP contribution in [0.4, 0.5) is 0 Å². The van der Waals surface area contributed by atoms with Crippen LogP contribution in [0.3, 0.4) is 0 Å². The lowest BCUT2D eigenvalue weighted by Crippen LogP contribution is -2.15. The fraction of sp³-hybridized carbons (Fsp3) is 0.500. The lowest BCUT2D eigenvalue weighted by molar-refractivity contribution is 0.476. The summed E-state index contributed by atoms with van der Waals surface area (Å²) >= 11 is 0. The Morgan fingerprint density at radius 2 is 2.06 bits per heavy atom. The van der Waals surface area contributed by atoms with Crippen molar-refractivity contribution in [1.29, 1.82) is 0 Å². The van der Waals surface area contributed by atoms with Crippen LogP contribution in [-0.4, -0.2) is 26.4 Å². The third-order valence-corrected chi connectivity index (χ3v) is 2.92. The van der Waals surface area contributed by atoms with Crippen molar-refractivity contribution in [2.75, 3.05) is 0 Å². The van der Waals surface area contributed by atoms with E-state index >= 15 is 0 Å². The van der Waals surface area contributed by atoms with Crippen molar-refractivity contribution >= 4 is 0 Å². The molecule has 0 atom stereocenters. The first-order valence-corrected chi connectivity index (χ1v) is 6.09. The molecule has 0 bridgehead atoms. The molecule has 1 fully saturated rings. The second kappa shape index (κ2) is 4.45. The van der Waals surface area contributed by atoms with Crippen LogP contribution in [-0.2, 0) is 6.54 Å². The van der Waals surface area contributed by atoms with Gasteiger partial charge in [-0.3, -0.25) is 0 Å². The van der Waals surface area contributed by atoms with Crippen molar-refractivity contribution in [1.82, 2.24) is 25.7 Å². The minimum absolute atomic E-state index is 0.512. The molecule has 1 saturated carbocycles. The number of hydrogen-bond donors (Lipinski definition) is 1. The molecule has 18 heavy (non-hydrogen) atoms. The van der Waals surface area contributed by atoms with Gasteiger partial charge in [-0.15, -0.1) is 10.2 Å². The van der Waals surface area contributed by atoms with Gasteiger partial charge >= 0.3 is 0 Å². The average molecular weight is 245 g/mol. The van der Waals surface area contributed by atoms with Gasteiger partial charge in [0.25, 0.3) is 0 Å².